The fraction of sp³-hybridized carbons (Fsp3) is 0.389. The van der Waals surface area contributed by atoms with Crippen molar-refractivity contribution < 1.29 is 9.53 Å². The number of aromatic nitrogens is 1. The van der Waals surface area contributed by atoms with Crippen LogP contribution in [0.4, 0.5) is 0 Å². The molecule has 3 nitrogen and oxygen atoms in total. The van der Waals surface area contributed by atoms with Gasteiger partial charge in [0.15, 0.2) is 0 Å². The summed E-state index contributed by atoms with van der Waals surface area (Å²) in [6.45, 7) is 10.6. The molecule has 21 heavy (non-hydrogen) atoms. The van der Waals surface area contributed by atoms with Gasteiger partial charge in [-0.15, -0.1) is 0 Å². The molecule has 0 spiro atoms. The van der Waals surface area contributed by atoms with E-state index in [1.165, 1.54) is 0 Å². The molecule has 0 saturated heterocycles. The van der Waals surface area contributed by atoms with Gasteiger partial charge in [-0.2, -0.15) is 0 Å². The van der Waals surface area contributed by atoms with Crippen LogP contribution in [-0.4, -0.2) is 17.1 Å². The molecule has 0 radical (unpaired) electrons. The van der Waals surface area contributed by atoms with Gasteiger partial charge in [0, 0.05) is 22.5 Å². The van der Waals surface area contributed by atoms with Crippen molar-refractivity contribution in [3.8, 4) is 5.69 Å². The number of carbonyl (C=O) groups is 1. The lowest BCUT2D eigenvalue weighted by molar-refractivity contribution is 0.0525. The summed E-state index contributed by atoms with van der Waals surface area (Å²) in [5, 5.41) is 0. The quantitative estimate of drug-likeness (QED) is 0.789. The second-order valence-corrected chi connectivity index (χ2v) is 6.17. The van der Waals surface area contributed by atoms with Crippen molar-refractivity contribution >= 4 is 5.97 Å². The molecule has 0 N–H and O–H groups in total. The van der Waals surface area contributed by atoms with Crippen LogP contribution in [0.1, 0.15) is 49.4 Å². The van der Waals surface area contributed by atoms with Gasteiger partial charge in [-0.3, -0.25) is 0 Å². The van der Waals surface area contributed by atoms with Gasteiger partial charge in [-0.05, 0) is 32.0 Å². The van der Waals surface area contributed by atoms with Crippen LogP contribution in [0, 0.1) is 6.92 Å². The van der Waals surface area contributed by atoms with E-state index in [0.29, 0.717) is 12.2 Å². The van der Waals surface area contributed by atoms with Crippen molar-refractivity contribution in [1.82, 2.24) is 4.57 Å². The number of hydrogen-bond donors (Lipinski definition) is 0. The maximum absolute atomic E-state index is 12.2. The molecule has 1 aromatic carbocycles. The minimum absolute atomic E-state index is 0.0641. The molecular weight excluding hydrogens is 262 g/mol. The second-order valence-electron chi connectivity index (χ2n) is 6.17. The number of benzene rings is 1. The van der Waals surface area contributed by atoms with E-state index in [0.717, 1.165) is 17.1 Å². The zero-order chi connectivity index (χ0) is 15.6. The molecule has 0 saturated carbocycles. The van der Waals surface area contributed by atoms with E-state index in [1.807, 2.05) is 38.1 Å². The predicted molar refractivity (Wildman–Crippen MR) is 85.2 cm³/mol. The van der Waals surface area contributed by atoms with Crippen LogP contribution >= 0.6 is 0 Å². The van der Waals surface area contributed by atoms with Crippen molar-refractivity contribution in [2.24, 2.45) is 0 Å². The molecule has 0 aliphatic heterocycles. The predicted octanol–water partition coefficient (Wildman–Crippen LogP) is 4.26. The summed E-state index contributed by atoms with van der Waals surface area (Å²) in [7, 11) is 0. The van der Waals surface area contributed by atoms with Crippen molar-refractivity contribution in [3.63, 3.8) is 0 Å². The lowest BCUT2D eigenvalue weighted by Gasteiger charge is -2.22. The lowest BCUT2D eigenvalue weighted by atomic mass is 9.91. The van der Waals surface area contributed by atoms with E-state index < -0.39 is 0 Å². The molecule has 0 amide bonds. The Labute approximate surface area is 126 Å². The van der Waals surface area contributed by atoms with Gasteiger partial charge in [0.25, 0.3) is 0 Å². The summed E-state index contributed by atoms with van der Waals surface area (Å²) in [4.78, 5) is 12.2. The van der Waals surface area contributed by atoms with Gasteiger partial charge in [0.1, 0.15) is 0 Å². The van der Waals surface area contributed by atoms with E-state index in [2.05, 4.69) is 37.5 Å². The number of esters is 1. The Balaban J connectivity index is 2.65. The molecule has 0 aliphatic carbocycles. The van der Waals surface area contributed by atoms with E-state index >= 15 is 0 Å². The first-order valence-electron chi connectivity index (χ1n) is 7.31. The molecule has 0 unspecified atom stereocenters. The molecule has 0 bridgehead atoms. The van der Waals surface area contributed by atoms with Crippen molar-refractivity contribution in [3.05, 3.63) is 53.3 Å². The summed E-state index contributed by atoms with van der Waals surface area (Å²) >= 11 is 0. The van der Waals surface area contributed by atoms with Crippen LogP contribution in [0.3, 0.4) is 0 Å². The van der Waals surface area contributed by atoms with Crippen molar-refractivity contribution in [1.29, 1.82) is 0 Å². The van der Waals surface area contributed by atoms with Crippen molar-refractivity contribution in [2.45, 2.75) is 40.0 Å². The Morgan fingerprint density at radius 3 is 2.33 bits per heavy atom. The smallest absolute Gasteiger partial charge is 0.339 e. The average molecular weight is 285 g/mol. The maximum atomic E-state index is 12.2. The highest BCUT2D eigenvalue weighted by molar-refractivity contribution is 5.91. The normalized spacial score (nSPS) is 11.5. The van der Waals surface area contributed by atoms with Gasteiger partial charge in [-0.25, -0.2) is 4.79 Å². The number of carbonyl (C=O) groups excluding carboxylic acids is 1. The molecule has 1 heterocycles. The minimum Gasteiger partial charge on any atom is -0.462 e. The van der Waals surface area contributed by atoms with Crippen LogP contribution in [0.2, 0.25) is 0 Å². The third kappa shape index (κ3) is 3.02. The molecule has 1 aromatic heterocycles. The van der Waals surface area contributed by atoms with Gasteiger partial charge < -0.3 is 9.30 Å². The fourth-order valence-corrected chi connectivity index (χ4v) is 2.48. The largest absolute Gasteiger partial charge is 0.462 e. The summed E-state index contributed by atoms with van der Waals surface area (Å²) in [5.41, 5.74) is 3.67. The van der Waals surface area contributed by atoms with E-state index in [4.69, 9.17) is 4.74 Å². The highest BCUT2D eigenvalue weighted by atomic mass is 16.5. The van der Waals surface area contributed by atoms with Crippen LogP contribution in [-0.2, 0) is 10.2 Å². The Bertz CT molecular complexity index is 633. The van der Waals surface area contributed by atoms with Gasteiger partial charge >= 0.3 is 5.97 Å². The third-order valence-corrected chi connectivity index (χ3v) is 3.53. The average Bonchev–Trinajstić information content (AvgIpc) is 2.78. The molecule has 2 aromatic rings. The summed E-state index contributed by atoms with van der Waals surface area (Å²) in [5.74, 6) is -0.254. The minimum atomic E-state index is -0.254. The highest BCUT2D eigenvalue weighted by Gasteiger charge is 2.26. The number of para-hydroxylation sites is 1. The van der Waals surface area contributed by atoms with Gasteiger partial charge in [0.05, 0.1) is 12.2 Å². The Hall–Kier alpha value is -2.03. The molecule has 0 aliphatic rings. The zero-order valence-electron chi connectivity index (χ0n) is 13.4. The first-order chi connectivity index (χ1) is 9.86. The monoisotopic (exact) mass is 285 g/mol. The first-order valence-corrected chi connectivity index (χ1v) is 7.31. The standard InChI is InChI=1S/C18H23NO2/c1-6-21-17(20)15-12-16(18(3,4)5)19(13(15)2)14-10-8-7-9-11-14/h7-12H,6H2,1-5H3. The van der Waals surface area contributed by atoms with Crippen LogP contribution in [0.25, 0.3) is 5.69 Å². The molecule has 0 atom stereocenters. The van der Waals surface area contributed by atoms with Crippen LogP contribution in [0.5, 0.6) is 0 Å². The van der Waals surface area contributed by atoms with E-state index in [9.17, 15) is 4.79 Å². The summed E-state index contributed by atoms with van der Waals surface area (Å²) in [6.07, 6.45) is 0. The number of ether oxygens (including phenoxy) is 1. The van der Waals surface area contributed by atoms with Gasteiger partial charge in [0.2, 0.25) is 0 Å². The Kier molecular flexibility index (Phi) is 4.21. The maximum Gasteiger partial charge on any atom is 0.339 e. The van der Waals surface area contributed by atoms with Gasteiger partial charge in [-0.1, -0.05) is 39.0 Å². The highest BCUT2D eigenvalue weighted by Crippen LogP contribution is 2.30. The fourth-order valence-electron chi connectivity index (χ4n) is 2.48. The van der Waals surface area contributed by atoms with Crippen LogP contribution in [0.15, 0.2) is 36.4 Å². The van der Waals surface area contributed by atoms with Crippen molar-refractivity contribution in [2.75, 3.05) is 6.61 Å². The van der Waals surface area contributed by atoms with E-state index in [1.54, 1.807) is 0 Å². The third-order valence-electron chi connectivity index (χ3n) is 3.53. The second kappa shape index (κ2) is 5.76. The summed E-state index contributed by atoms with van der Waals surface area (Å²) < 4.78 is 7.32. The molecule has 0 fully saturated rings. The number of nitrogens with zero attached hydrogens (tertiary/aromatic N) is 1. The topological polar surface area (TPSA) is 31.2 Å². The molecular formula is C18H23NO2. The first kappa shape index (κ1) is 15.4. The molecule has 112 valence electrons. The molecule has 2 rings (SSSR count). The Morgan fingerprint density at radius 2 is 1.81 bits per heavy atom. The number of hydrogen-bond acceptors (Lipinski definition) is 2. The molecule has 3 heteroatoms. The summed E-state index contributed by atoms with van der Waals surface area (Å²) in [6, 6.07) is 12.1. The Morgan fingerprint density at radius 1 is 1.19 bits per heavy atom. The zero-order valence-corrected chi connectivity index (χ0v) is 13.4. The SMILES string of the molecule is CCOC(=O)c1cc(C(C)(C)C)n(-c2ccccc2)c1C. The van der Waals surface area contributed by atoms with E-state index in [-0.39, 0.29) is 11.4 Å². The number of rotatable bonds is 3. The van der Waals surface area contributed by atoms with Crippen LogP contribution < -0.4 is 0 Å². The lowest BCUT2D eigenvalue weighted by Crippen LogP contribution is -2.17.